The highest BCUT2D eigenvalue weighted by Crippen LogP contribution is 2.27. The highest BCUT2D eigenvalue weighted by Gasteiger charge is 2.18. The SMILES string of the molecule is CCNc1nc(SC(C)C(=O)Nc2ccc(C)cc2C)nc2ccccc12. The Balaban J connectivity index is 1.78. The van der Waals surface area contributed by atoms with Gasteiger partial charge in [-0.1, -0.05) is 41.6 Å². The van der Waals surface area contributed by atoms with Crippen molar-refractivity contribution in [1.82, 2.24) is 9.97 Å². The molecule has 1 heterocycles. The smallest absolute Gasteiger partial charge is 0.237 e. The van der Waals surface area contributed by atoms with Gasteiger partial charge in [0.05, 0.1) is 10.8 Å². The second-order valence-electron chi connectivity index (χ2n) is 6.47. The Labute approximate surface area is 164 Å². The summed E-state index contributed by atoms with van der Waals surface area (Å²) in [4.78, 5) is 21.8. The minimum atomic E-state index is -0.318. The quantitative estimate of drug-likeness (QED) is 0.475. The van der Waals surface area contributed by atoms with E-state index in [2.05, 4.69) is 26.7 Å². The fourth-order valence-corrected chi connectivity index (χ4v) is 3.59. The van der Waals surface area contributed by atoms with Gasteiger partial charge in [-0.15, -0.1) is 0 Å². The van der Waals surface area contributed by atoms with Crippen LogP contribution in [0.15, 0.2) is 47.6 Å². The molecule has 2 aromatic carbocycles. The molecule has 3 aromatic rings. The van der Waals surface area contributed by atoms with Gasteiger partial charge in [-0.05, 0) is 51.5 Å². The van der Waals surface area contributed by atoms with E-state index in [0.29, 0.717) is 5.16 Å². The lowest BCUT2D eigenvalue weighted by Crippen LogP contribution is -2.23. The third-order valence-electron chi connectivity index (χ3n) is 4.22. The fraction of sp³-hybridized carbons (Fsp3) is 0.286. The number of benzene rings is 2. The maximum Gasteiger partial charge on any atom is 0.237 e. The van der Waals surface area contributed by atoms with Gasteiger partial charge in [0.15, 0.2) is 5.16 Å². The summed E-state index contributed by atoms with van der Waals surface area (Å²) >= 11 is 1.36. The summed E-state index contributed by atoms with van der Waals surface area (Å²) < 4.78 is 0. The molecule has 0 aliphatic heterocycles. The first-order valence-electron chi connectivity index (χ1n) is 9.03. The summed E-state index contributed by atoms with van der Waals surface area (Å²) in [6.45, 7) is 8.71. The number of para-hydroxylation sites is 1. The van der Waals surface area contributed by atoms with Crippen LogP contribution in [0.4, 0.5) is 11.5 Å². The highest BCUT2D eigenvalue weighted by atomic mass is 32.2. The molecule has 0 aliphatic carbocycles. The zero-order valence-electron chi connectivity index (χ0n) is 16.0. The van der Waals surface area contributed by atoms with Crippen LogP contribution in [0, 0.1) is 13.8 Å². The highest BCUT2D eigenvalue weighted by molar-refractivity contribution is 8.00. The molecule has 1 atom stereocenters. The monoisotopic (exact) mass is 380 g/mol. The van der Waals surface area contributed by atoms with E-state index in [4.69, 9.17) is 0 Å². The molecule has 1 aromatic heterocycles. The van der Waals surface area contributed by atoms with Gasteiger partial charge in [0.25, 0.3) is 0 Å². The molecule has 0 aliphatic rings. The van der Waals surface area contributed by atoms with Crippen LogP contribution < -0.4 is 10.6 Å². The van der Waals surface area contributed by atoms with E-state index in [1.54, 1.807) is 0 Å². The number of fused-ring (bicyclic) bond motifs is 1. The molecule has 0 saturated carbocycles. The minimum absolute atomic E-state index is 0.0614. The number of hydrogen-bond acceptors (Lipinski definition) is 5. The number of anilines is 2. The van der Waals surface area contributed by atoms with Crippen molar-refractivity contribution in [2.75, 3.05) is 17.2 Å². The molecule has 0 spiro atoms. The molecule has 1 amide bonds. The Hall–Kier alpha value is -2.60. The van der Waals surface area contributed by atoms with Crippen molar-refractivity contribution in [3.63, 3.8) is 0 Å². The standard InChI is InChI=1S/C21H24N4OS/c1-5-22-19-16-8-6-7-9-18(16)24-21(25-19)27-15(4)20(26)23-17-11-10-13(2)12-14(17)3/h6-12,15H,5H2,1-4H3,(H,23,26)(H,22,24,25). The van der Waals surface area contributed by atoms with Crippen LogP contribution in [-0.2, 0) is 4.79 Å². The number of nitrogens with zero attached hydrogens (tertiary/aromatic N) is 2. The van der Waals surface area contributed by atoms with E-state index in [1.165, 1.54) is 17.3 Å². The minimum Gasteiger partial charge on any atom is -0.370 e. The van der Waals surface area contributed by atoms with Crippen LogP contribution in [0.1, 0.15) is 25.0 Å². The van der Waals surface area contributed by atoms with Gasteiger partial charge in [0.2, 0.25) is 5.91 Å². The van der Waals surface area contributed by atoms with Gasteiger partial charge >= 0.3 is 0 Å². The molecule has 140 valence electrons. The Morgan fingerprint density at radius 1 is 1.15 bits per heavy atom. The van der Waals surface area contributed by atoms with E-state index in [1.807, 2.05) is 64.1 Å². The van der Waals surface area contributed by atoms with Crippen LogP contribution in [0.5, 0.6) is 0 Å². The fourth-order valence-electron chi connectivity index (χ4n) is 2.81. The van der Waals surface area contributed by atoms with E-state index in [0.717, 1.165) is 34.5 Å². The Morgan fingerprint density at radius 3 is 2.67 bits per heavy atom. The first-order valence-corrected chi connectivity index (χ1v) is 9.91. The third kappa shape index (κ3) is 4.57. The van der Waals surface area contributed by atoms with Crippen LogP contribution in [0.25, 0.3) is 10.9 Å². The number of carbonyl (C=O) groups excluding carboxylic acids is 1. The van der Waals surface area contributed by atoms with Crippen molar-refractivity contribution in [1.29, 1.82) is 0 Å². The molecule has 0 fully saturated rings. The van der Waals surface area contributed by atoms with Gasteiger partial charge in [-0.25, -0.2) is 9.97 Å². The van der Waals surface area contributed by atoms with Crippen LogP contribution >= 0.6 is 11.8 Å². The van der Waals surface area contributed by atoms with E-state index < -0.39 is 0 Å². The lowest BCUT2D eigenvalue weighted by molar-refractivity contribution is -0.115. The molecule has 0 radical (unpaired) electrons. The predicted molar refractivity (Wildman–Crippen MR) is 114 cm³/mol. The van der Waals surface area contributed by atoms with Gasteiger partial charge in [-0.2, -0.15) is 0 Å². The lowest BCUT2D eigenvalue weighted by Gasteiger charge is -2.14. The summed E-state index contributed by atoms with van der Waals surface area (Å²) in [6.07, 6.45) is 0. The molecule has 6 heteroatoms. The number of hydrogen-bond donors (Lipinski definition) is 2. The number of rotatable bonds is 6. The maximum absolute atomic E-state index is 12.6. The normalized spacial score (nSPS) is 12.0. The molecule has 0 bridgehead atoms. The third-order valence-corrected chi connectivity index (χ3v) is 5.18. The topological polar surface area (TPSA) is 66.9 Å². The number of carbonyl (C=O) groups is 1. The lowest BCUT2D eigenvalue weighted by atomic mass is 10.1. The average molecular weight is 381 g/mol. The largest absolute Gasteiger partial charge is 0.370 e. The van der Waals surface area contributed by atoms with Gasteiger partial charge in [0, 0.05) is 17.6 Å². The molecule has 27 heavy (non-hydrogen) atoms. The van der Waals surface area contributed by atoms with E-state index in [-0.39, 0.29) is 11.2 Å². The number of aryl methyl sites for hydroxylation is 2. The van der Waals surface area contributed by atoms with E-state index in [9.17, 15) is 4.79 Å². The summed E-state index contributed by atoms with van der Waals surface area (Å²) in [7, 11) is 0. The molecule has 5 nitrogen and oxygen atoms in total. The Bertz CT molecular complexity index is 974. The van der Waals surface area contributed by atoms with Crippen LogP contribution in [0.2, 0.25) is 0 Å². The second kappa shape index (κ2) is 8.39. The van der Waals surface area contributed by atoms with Crippen molar-refractivity contribution in [2.24, 2.45) is 0 Å². The first kappa shape index (κ1) is 19.2. The Morgan fingerprint density at radius 2 is 1.93 bits per heavy atom. The van der Waals surface area contributed by atoms with Crippen molar-refractivity contribution in [2.45, 2.75) is 38.1 Å². The number of amides is 1. The average Bonchev–Trinajstić information content (AvgIpc) is 2.64. The molecular formula is C21H24N4OS. The first-order chi connectivity index (χ1) is 13.0. The predicted octanol–water partition coefficient (Wildman–Crippen LogP) is 4.80. The van der Waals surface area contributed by atoms with Crippen LogP contribution in [0.3, 0.4) is 0 Å². The second-order valence-corrected chi connectivity index (χ2v) is 7.78. The van der Waals surface area contributed by atoms with Gasteiger partial charge < -0.3 is 10.6 Å². The molecule has 0 saturated heterocycles. The molecule has 1 unspecified atom stereocenters. The van der Waals surface area contributed by atoms with Crippen molar-refractivity contribution < 1.29 is 4.79 Å². The van der Waals surface area contributed by atoms with Gasteiger partial charge in [-0.3, -0.25) is 4.79 Å². The van der Waals surface area contributed by atoms with Crippen LogP contribution in [-0.4, -0.2) is 27.7 Å². The molecule has 2 N–H and O–H groups in total. The summed E-state index contributed by atoms with van der Waals surface area (Å²) in [5.41, 5.74) is 3.93. The molecule has 3 rings (SSSR count). The number of thioether (sulfide) groups is 1. The van der Waals surface area contributed by atoms with Crippen molar-refractivity contribution in [3.8, 4) is 0 Å². The zero-order chi connectivity index (χ0) is 19.4. The van der Waals surface area contributed by atoms with E-state index >= 15 is 0 Å². The zero-order valence-corrected chi connectivity index (χ0v) is 16.9. The summed E-state index contributed by atoms with van der Waals surface area (Å²) in [6, 6.07) is 13.9. The Kier molecular flexibility index (Phi) is 5.96. The number of nitrogens with one attached hydrogen (secondary N) is 2. The number of aromatic nitrogens is 2. The van der Waals surface area contributed by atoms with Crippen molar-refractivity contribution in [3.05, 3.63) is 53.6 Å². The molecular weight excluding hydrogens is 356 g/mol. The maximum atomic E-state index is 12.6. The summed E-state index contributed by atoms with van der Waals surface area (Å²) in [5, 5.41) is 7.54. The van der Waals surface area contributed by atoms with Gasteiger partial charge in [0.1, 0.15) is 5.82 Å². The van der Waals surface area contributed by atoms with Crippen molar-refractivity contribution >= 4 is 40.1 Å². The summed E-state index contributed by atoms with van der Waals surface area (Å²) in [5.74, 6) is 0.737.